The van der Waals surface area contributed by atoms with Gasteiger partial charge in [-0.1, -0.05) is 0 Å². The molecular weight excluding hydrogens is 506 g/mol. The molecule has 13 heteroatoms. The Labute approximate surface area is 228 Å². The second-order valence-electron chi connectivity index (χ2n) is 10.9. The molecule has 0 radical (unpaired) electrons. The molecule has 2 aromatic heterocycles. The third-order valence-corrected chi connectivity index (χ3v) is 5.25. The van der Waals surface area contributed by atoms with Crippen molar-refractivity contribution in [2.45, 2.75) is 66.2 Å². The highest BCUT2D eigenvalue weighted by Gasteiger charge is 2.31. The summed E-state index contributed by atoms with van der Waals surface area (Å²) in [5.74, 6) is 0.608. The number of hydrogen-bond donors (Lipinski definition) is 0. The highest BCUT2D eigenvalue weighted by Crippen LogP contribution is 2.19. The number of ether oxygens (including phenoxy) is 3. The van der Waals surface area contributed by atoms with Gasteiger partial charge in [0.15, 0.2) is 0 Å². The summed E-state index contributed by atoms with van der Waals surface area (Å²) < 4.78 is 15.8. The number of carbonyl (C=O) groups is 3. The Morgan fingerprint density at radius 1 is 0.769 bits per heavy atom. The van der Waals surface area contributed by atoms with E-state index < -0.39 is 29.4 Å². The minimum absolute atomic E-state index is 0.100. The number of nitrogens with zero attached hydrogens (tertiary/aromatic N) is 7. The first-order valence-corrected chi connectivity index (χ1v) is 12.8. The Morgan fingerprint density at radius 3 is 1.56 bits per heavy atom. The number of rotatable bonds is 6. The van der Waals surface area contributed by atoms with Crippen LogP contribution in [0.4, 0.5) is 21.5 Å². The molecule has 3 heterocycles. The summed E-state index contributed by atoms with van der Waals surface area (Å²) in [6, 6.07) is 0. The highest BCUT2D eigenvalue weighted by atomic mass is 16.6. The second kappa shape index (κ2) is 12.2. The fourth-order valence-corrected chi connectivity index (χ4v) is 3.52. The SMILES string of the molecule is CCOC(=O)c1cnc(N2CCN(c3ncc(CN(C(=O)OC(C)(C)C)C(=O)OC(C)(C)C)cn3)CC2)nc1. The van der Waals surface area contributed by atoms with Gasteiger partial charge in [-0.2, -0.15) is 0 Å². The first kappa shape index (κ1) is 29.5. The predicted molar refractivity (Wildman–Crippen MR) is 142 cm³/mol. The predicted octanol–water partition coefficient (Wildman–Crippen LogP) is 3.44. The first-order valence-electron chi connectivity index (χ1n) is 12.8. The third-order valence-electron chi connectivity index (χ3n) is 5.25. The summed E-state index contributed by atoms with van der Waals surface area (Å²) in [4.78, 5) is 59.7. The Kier molecular flexibility index (Phi) is 9.25. The van der Waals surface area contributed by atoms with Gasteiger partial charge in [-0.15, -0.1) is 0 Å². The van der Waals surface area contributed by atoms with E-state index >= 15 is 0 Å². The molecule has 0 N–H and O–H groups in total. The summed E-state index contributed by atoms with van der Waals surface area (Å²) in [6.07, 6.45) is 4.46. The average molecular weight is 544 g/mol. The van der Waals surface area contributed by atoms with Crippen molar-refractivity contribution in [2.24, 2.45) is 0 Å². The minimum atomic E-state index is -0.811. The molecule has 1 fully saturated rings. The molecule has 1 aliphatic rings. The van der Waals surface area contributed by atoms with Crippen molar-refractivity contribution in [3.05, 3.63) is 35.9 Å². The Balaban J connectivity index is 1.62. The minimum Gasteiger partial charge on any atom is -0.462 e. The zero-order valence-electron chi connectivity index (χ0n) is 23.6. The van der Waals surface area contributed by atoms with Crippen molar-refractivity contribution in [2.75, 3.05) is 42.6 Å². The van der Waals surface area contributed by atoms with E-state index in [1.54, 1.807) is 60.9 Å². The maximum Gasteiger partial charge on any atom is 0.420 e. The second-order valence-corrected chi connectivity index (χ2v) is 10.9. The van der Waals surface area contributed by atoms with Gasteiger partial charge in [0.05, 0.1) is 18.7 Å². The summed E-state index contributed by atoms with van der Waals surface area (Å²) in [7, 11) is 0. The molecule has 0 saturated carbocycles. The molecule has 1 aliphatic heterocycles. The fourth-order valence-electron chi connectivity index (χ4n) is 3.52. The lowest BCUT2D eigenvalue weighted by atomic mass is 10.2. The van der Waals surface area contributed by atoms with Crippen molar-refractivity contribution in [3.8, 4) is 0 Å². The quantitative estimate of drug-likeness (QED) is 0.389. The van der Waals surface area contributed by atoms with Gasteiger partial charge in [0.2, 0.25) is 11.9 Å². The molecule has 0 atom stereocenters. The number of hydrogen-bond acceptors (Lipinski definition) is 12. The van der Waals surface area contributed by atoms with Crippen molar-refractivity contribution in [1.82, 2.24) is 24.8 Å². The van der Waals surface area contributed by atoms with E-state index in [1.165, 1.54) is 12.4 Å². The Bertz CT molecular complexity index is 1110. The lowest BCUT2D eigenvalue weighted by Gasteiger charge is -2.34. The van der Waals surface area contributed by atoms with Crippen LogP contribution >= 0.6 is 0 Å². The van der Waals surface area contributed by atoms with Gasteiger partial charge in [-0.25, -0.2) is 39.2 Å². The fraction of sp³-hybridized carbons (Fsp3) is 0.577. The molecule has 0 aromatic carbocycles. The van der Waals surface area contributed by atoms with Gasteiger partial charge in [0, 0.05) is 56.5 Å². The summed E-state index contributed by atoms with van der Waals surface area (Å²) >= 11 is 0. The Morgan fingerprint density at radius 2 is 1.18 bits per heavy atom. The van der Waals surface area contributed by atoms with Crippen LogP contribution in [0.15, 0.2) is 24.8 Å². The number of esters is 1. The Hall–Kier alpha value is -4.03. The van der Waals surface area contributed by atoms with Crippen LogP contribution in [0.25, 0.3) is 0 Å². The molecular formula is C26H37N7O6. The van der Waals surface area contributed by atoms with Crippen LogP contribution < -0.4 is 9.80 Å². The van der Waals surface area contributed by atoms with Gasteiger partial charge >= 0.3 is 18.2 Å². The highest BCUT2D eigenvalue weighted by molar-refractivity contribution is 5.89. The summed E-state index contributed by atoms with van der Waals surface area (Å²) in [5, 5.41) is 0. The maximum atomic E-state index is 12.7. The van der Waals surface area contributed by atoms with Gasteiger partial charge in [0.1, 0.15) is 11.2 Å². The number of piperazine rings is 1. The summed E-state index contributed by atoms with van der Waals surface area (Å²) in [5.41, 5.74) is -0.712. The monoisotopic (exact) mass is 543 g/mol. The number of aromatic nitrogens is 4. The molecule has 2 aromatic rings. The van der Waals surface area contributed by atoms with E-state index in [2.05, 4.69) is 19.9 Å². The zero-order chi connectivity index (χ0) is 28.8. The standard InChI is InChI=1S/C26H37N7O6/c1-8-37-20(34)19-15-29-22(30-16-19)32-11-9-31(10-12-32)21-27-13-18(14-28-21)17-33(23(35)38-25(2,3)4)24(36)39-26(5,6)7/h13-16H,8-12,17H2,1-7H3. The molecule has 0 spiro atoms. The van der Waals surface area contributed by atoms with E-state index in [0.717, 1.165) is 4.90 Å². The van der Waals surface area contributed by atoms with Gasteiger partial charge < -0.3 is 24.0 Å². The lowest BCUT2D eigenvalue weighted by molar-refractivity contribution is -0.000314. The van der Waals surface area contributed by atoms with Gasteiger partial charge in [-0.3, -0.25) is 0 Å². The molecule has 0 unspecified atom stereocenters. The summed E-state index contributed by atoms with van der Waals surface area (Å²) in [6.45, 7) is 14.8. The van der Waals surface area contributed by atoms with Crippen molar-refractivity contribution in [1.29, 1.82) is 0 Å². The van der Waals surface area contributed by atoms with Crippen molar-refractivity contribution in [3.63, 3.8) is 0 Å². The number of amides is 2. The van der Waals surface area contributed by atoms with E-state index in [9.17, 15) is 14.4 Å². The maximum absolute atomic E-state index is 12.7. The van der Waals surface area contributed by atoms with Crippen LogP contribution in [0.1, 0.15) is 64.4 Å². The van der Waals surface area contributed by atoms with E-state index in [1.807, 2.05) is 9.80 Å². The van der Waals surface area contributed by atoms with Crippen LogP contribution in [-0.4, -0.2) is 87.0 Å². The van der Waals surface area contributed by atoms with Crippen molar-refractivity contribution < 1.29 is 28.6 Å². The lowest BCUT2D eigenvalue weighted by Crippen LogP contribution is -2.47. The zero-order valence-corrected chi connectivity index (χ0v) is 23.6. The molecule has 0 aliphatic carbocycles. The van der Waals surface area contributed by atoms with Crippen LogP contribution in [0.2, 0.25) is 0 Å². The number of carbonyl (C=O) groups excluding carboxylic acids is 3. The van der Waals surface area contributed by atoms with Gasteiger partial charge in [-0.05, 0) is 48.5 Å². The molecule has 0 bridgehead atoms. The molecule has 1 saturated heterocycles. The van der Waals surface area contributed by atoms with E-state index in [4.69, 9.17) is 14.2 Å². The molecule has 39 heavy (non-hydrogen) atoms. The first-order chi connectivity index (χ1) is 18.3. The van der Waals surface area contributed by atoms with Crippen LogP contribution in [0, 0.1) is 0 Å². The molecule has 212 valence electrons. The average Bonchev–Trinajstić information content (AvgIpc) is 2.86. The van der Waals surface area contributed by atoms with Crippen LogP contribution in [-0.2, 0) is 20.8 Å². The largest absolute Gasteiger partial charge is 0.462 e. The molecule has 3 rings (SSSR count). The third kappa shape index (κ3) is 8.76. The van der Waals surface area contributed by atoms with Crippen molar-refractivity contribution >= 4 is 30.1 Å². The smallest absolute Gasteiger partial charge is 0.420 e. The van der Waals surface area contributed by atoms with E-state index in [0.29, 0.717) is 49.2 Å². The molecule has 2 amide bonds. The topological polar surface area (TPSA) is 140 Å². The number of imide groups is 1. The van der Waals surface area contributed by atoms with Crippen LogP contribution in [0.5, 0.6) is 0 Å². The normalized spacial score (nSPS) is 14.0. The van der Waals surface area contributed by atoms with Crippen LogP contribution in [0.3, 0.4) is 0 Å². The van der Waals surface area contributed by atoms with E-state index in [-0.39, 0.29) is 13.2 Å². The van der Waals surface area contributed by atoms with Gasteiger partial charge in [0.25, 0.3) is 0 Å². The number of anilines is 2. The molecule has 13 nitrogen and oxygen atoms in total.